The van der Waals surface area contributed by atoms with E-state index in [-0.39, 0.29) is 11.5 Å². The summed E-state index contributed by atoms with van der Waals surface area (Å²) in [5, 5.41) is 10.6. The molecule has 0 aromatic heterocycles. The van der Waals surface area contributed by atoms with E-state index in [4.69, 9.17) is 4.74 Å². The van der Waals surface area contributed by atoms with Gasteiger partial charge in [-0.1, -0.05) is 6.58 Å². The van der Waals surface area contributed by atoms with Gasteiger partial charge in [0, 0.05) is 42.9 Å². The summed E-state index contributed by atoms with van der Waals surface area (Å²) in [5.41, 5.74) is 0.884. The van der Waals surface area contributed by atoms with Crippen molar-refractivity contribution >= 4 is 11.5 Å². The van der Waals surface area contributed by atoms with Gasteiger partial charge in [-0.3, -0.25) is 19.8 Å². The maximum atomic E-state index is 12.2. The quantitative estimate of drug-likeness (QED) is 0.354. The van der Waals surface area contributed by atoms with Crippen LogP contribution in [0.4, 0.5) is 5.69 Å². The molecule has 1 fully saturated rings. The summed E-state index contributed by atoms with van der Waals surface area (Å²) in [4.78, 5) is 24.4. The van der Waals surface area contributed by atoms with E-state index in [0.29, 0.717) is 30.9 Å². The van der Waals surface area contributed by atoms with Crippen molar-refractivity contribution in [2.75, 3.05) is 32.8 Å². The van der Waals surface area contributed by atoms with Gasteiger partial charge in [0.15, 0.2) is 5.78 Å². The fraction of sp³-hybridized carbons (Fsp3) is 0.357. The number of nitrogens with zero attached hydrogens (tertiary/aromatic N) is 2. The minimum Gasteiger partial charge on any atom is -0.379 e. The highest BCUT2D eigenvalue weighted by molar-refractivity contribution is 6.08. The van der Waals surface area contributed by atoms with Gasteiger partial charge in [-0.2, -0.15) is 0 Å². The molecule has 106 valence electrons. The molecule has 1 aliphatic heterocycles. The largest absolute Gasteiger partial charge is 0.379 e. The smallest absolute Gasteiger partial charge is 0.269 e. The molecule has 1 heterocycles. The number of carbonyl (C=O) groups excluding carboxylic acids is 1. The Morgan fingerprint density at radius 3 is 2.45 bits per heavy atom. The van der Waals surface area contributed by atoms with Crippen molar-refractivity contribution in [3.05, 3.63) is 52.1 Å². The molecule has 1 aromatic carbocycles. The van der Waals surface area contributed by atoms with Gasteiger partial charge in [0.25, 0.3) is 5.69 Å². The first-order chi connectivity index (χ1) is 9.58. The highest BCUT2D eigenvalue weighted by Gasteiger charge is 2.17. The number of nitro groups is 1. The Labute approximate surface area is 116 Å². The van der Waals surface area contributed by atoms with Crippen LogP contribution < -0.4 is 0 Å². The van der Waals surface area contributed by atoms with E-state index >= 15 is 0 Å². The van der Waals surface area contributed by atoms with Gasteiger partial charge < -0.3 is 4.74 Å². The third kappa shape index (κ3) is 3.49. The number of ketones is 1. The summed E-state index contributed by atoms with van der Waals surface area (Å²) >= 11 is 0. The van der Waals surface area contributed by atoms with Crippen molar-refractivity contribution in [1.29, 1.82) is 0 Å². The Bertz CT molecular complexity index is 518. The van der Waals surface area contributed by atoms with Crippen LogP contribution in [0.1, 0.15) is 10.4 Å². The molecule has 0 N–H and O–H groups in total. The van der Waals surface area contributed by atoms with Crippen LogP contribution in [0.3, 0.4) is 0 Å². The van der Waals surface area contributed by atoms with Crippen molar-refractivity contribution in [3.8, 4) is 0 Å². The number of ether oxygens (including phenoxy) is 1. The highest BCUT2D eigenvalue weighted by Crippen LogP contribution is 2.15. The summed E-state index contributed by atoms with van der Waals surface area (Å²) in [5.74, 6) is -0.175. The van der Waals surface area contributed by atoms with Crippen LogP contribution in [0.25, 0.3) is 0 Å². The third-order valence-corrected chi connectivity index (χ3v) is 3.18. The second-order valence-corrected chi connectivity index (χ2v) is 4.63. The fourth-order valence-electron chi connectivity index (χ4n) is 2.04. The standard InChI is InChI=1S/C14H16N2O4/c1-11(10-15-6-8-20-9-7-15)14(17)12-2-4-13(5-3-12)16(18)19/h2-5H,1,6-10H2. The van der Waals surface area contributed by atoms with Crippen molar-refractivity contribution < 1.29 is 14.5 Å². The normalized spacial score (nSPS) is 15.8. The molecule has 20 heavy (non-hydrogen) atoms. The second-order valence-electron chi connectivity index (χ2n) is 4.63. The molecule has 1 aliphatic rings. The average molecular weight is 276 g/mol. The first kappa shape index (κ1) is 14.4. The molecule has 0 atom stereocenters. The summed E-state index contributed by atoms with van der Waals surface area (Å²) in [6, 6.07) is 5.58. The summed E-state index contributed by atoms with van der Waals surface area (Å²) in [6.07, 6.45) is 0. The maximum absolute atomic E-state index is 12.2. The molecule has 2 rings (SSSR count). The molecule has 0 spiro atoms. The van der Waals surface area contributed by atoms with Gasteiger partial charge >= 0.3 is 0 Å². The number of rotatable bonds is 5. The first-order valence-electron chi connectivity index (χ1n) is 6.35. The van der Waals surface area contributed by atoms with Gasteiger partial charge in [0.05, 0.1) is 18.1 Å². The number of nitro benzene ring substituents is 1. The zero-order valence-electron chi connectivity index (χ0n) is 11.1. The lowest BCUT2D eigenvalue weighted by Gasteiger charge is -2.26. The van der Waals surface area contributed by atoms with Crippen molar-refractivity contribution in [3.63, 3.8) is 0 Å². The van der Waals surface area contributed by atoms with E-state index in [1.54, 1.807) is 0 Å². The van der Waals surface area contributed by atoms with E-state index in [1.165, 1.54) is 24.3 Å². The van der Waals surface area contributed by atoms with E-state index in [0.717, 1.165) is 13.1 Å². The SMILES string of the molecule is C=C(CN1CCOCC1)C(=O)c1ccc([N+](=O)[O-])cc1. The summed E-state index contributed by atoms with van der Waals surface area (Å²) in [7, 11) is 0. The number of carbonyl (C=O) groups is 1. The van der Waals surface area contributed by atoms with Crippen LogP contribution in [0, 0.1) is 10.1 Å². The molecule has 0 amide bonds. The fourth-order valence-corrected chi connectivity index (χ4v) is 2.04. The van der Waals surface area contributed by atoms with E-state index in [9.17, 15) is 14.9 Å². The van der Waals surface area contributed by atoms with Gasteiger partial charge in [0.2, 0.25) is 0 Å². The number of morpholine rings is 1. The van der Waals surface area contributed by atoms with Crippen LogP contribution in [-0.4, -0.2) is 48.5 Å². The predicted octanol–water partition coefficient (Wildman–Crippen LogP) is 1.67. The lowest BCUT2D eigenvalue weighted by atomic mass is 10.0. The second kappa shape index (κ2) is 6.40. The zero-order valence-corrected chi connectivity index (χ0v) is 11.1. The predicted molar refractivity (Wildman–Crippen MR) is 73.8 cm³/mol. The maximum Gasteiger partial charge on any atom is 0.269 e. The Hall–Kier alpha value is -2.05. The molecule has 0 radical (unpaired) electrons. The highest BCUT2D eigenvalue weighted by atomic mass is 16.6. The number of non-ortho nitro benzene ring substituents is 1. The zero-order chi connectivity index (χ0) is 14.5. The molecule has 0 saturated carbocycles. The molecule has 6 heteroatoms. The van der Waals surface area contributed by atoms with Crippen LogP contribution in [0.15, 0.2) is 36.4 Å². The Balaban J connectivity index is 1.98. The van der Waals surface area contributed by atoms with Gasteiger partial charge in [0.1, 0.15) is 0 Å². The van der Waals surface area contributed by atoms with Crippen molar-refractivity contribution in [2.24, 2.45) is 0 Å². The molecular formula is C14H16N2O4. The Morgan fingerprint density at radius 1 is 1.30 bits per heavy atom. The van der Waals surface area contributed by atoms with E-state index < -0.39 is 4.92 Å². The summed E-state index contributed by atoms with van der Waals surface area (Å²) < 4.78 is 5.24. The minimum absolute atomic E-state index is 0.0275. The number of Topliss-reactive ketones (excluding diaryl/α,β-unsaturated/α-hetero) is 1. The first-order valence-corrected chi connectivity index (χ1v) is 6.35. The van der Waals surface area contributed by atoms with Gasteiger partial charge in [-0.25, -0.2) is 0 Å². The van der Waals surface area contributed by atoms with Crippen molar-refractivity contribution in [1.82, 2.24) is 4.90 Å². The number of hydrogen-bond donors (Lipinski definition) is 0. The van der Waals surface area contributed by atoms with Crippen LogP contribution in [0.2, 0.25) is 0 Å². The van der Waals surface area contributed by atoms with Crippen molar-refractivity contribution in [2.45, 2.75) is 0 Å². The molecule has 1 saturated heterocycles. The topological polar surface area (TPSA) is 72.7 Å². The van der Waals surface area contributed by atoms with Crippen LogP contribution in [0.5, 0.6) is 0 Å². The van der Waals surface area contributed by atoms with E-state index in [1.807, 2.05) is 0 Å². The molecule has 0 bridgehead atoms. The molecule has 0 unspecified atom stereocenters. The van der Waals surface area contributed by atoms with E-state index in [2.05, 4.69) is 11.5 Å². The monoisotopic (exact) mass is 276 g/mol. The average Bonchev–Trinajstić information content (AvgIpc) is 2.47. The van der Waals surface area contributed by atoms with Gasteiger partial charge in [-0.05, 0) is 12.1 Å². The molecule has 0 aliphatic carbocycles. The van der Waals surface area contributed by atoms with Gasteiger partial charge in [-0.15, -0.1) is 0 Å². The molecular weight excluding hydrogens is 260 g/mol. The lowest BCUT2D eigenvalue weighted by molar-refractivity contribution is -0.384. The lowest BCUT2D eigenvalue weighted by Crippen LogP contribution is -2.38. The Kier molecular flexibility index (Phi) is 4.60. The molecule has 1 aromatic rings. The summed E-state index contributed by atoms with van der Waals surface area (Å²) in [6.45, 7) is 7.22. The number of hydrogen-bond acceptors (Lipinski definition) is 5. The third-order valence-electron chi connectivity index (χ3n) is 3.18. The molecule has 6 nitrogen and oxygen atoms in total. The van der Waals surface area contributed by atoms with Crippen LogP contribution in [-0.2, 0) is 4.74 Å². The number of benzene rings is 1. The van der Waals surface area contributed by atoms with Crippen LogP contribution >= 0.6 is 0 Å². The minimum atomic E-state index is -0.489. The Morgan fingerprint density at radius 2 is 1.90 bits per heavy atom.